The standard InChI is InChI=1S/C15H22N4O/c1-10(2)8-12(16-4)9-14-18-15(19-20-14)13-7-5-6-11(3)17-13/h5-7,10,12,16H,8-9H2,1-4H3. The third-order valence-electron chi connectivity index (χ3n) is 3.17. The quantitative estimate of drug-likeness (QED) is 0.877. The van der Waals surface area contributed by atoms with Crippen LogP contribution in [0.4, 0.5) is 0 Å². The molecule has 20 heavy (non-hydrogen) atoms. The molecule has 0 aliphatic rings. The second-order valence-electron chi connectivity index (χ2n) is 5.50. The third kappa shape index (κ3) is 3.87. The molecule has 0 fully saturated rings. The first-order chi connectivity index (χ1) is 9.58. The highest BCUT2D eigenvalue weighted by Crippen LogP contribution is 2.15. The summed E-state index contributed by atoms with van der Waals surface area (Å²) in [5, 5.41) is 7.31. The average molecular weight is 274 g/mol. The first-order valence-corrected chi connectivity index (χ1v) is 7.02. The fourth-order valence-corrected chi connectivity index (χ4v) is 2.19. The lowest BCUT2D eigenvalue weighted by Gasteiger charge is -2.15. The molecule has 0 radical (unpaired) electrons. The molecule has 2 rings (SSSR count). The van der Waals surface area contributed by atoms with E-state index in [0.29, 0.717) is 23.7 Å². The van der Waals surface area contributed by atoms with Crippen molar-refractivity contribution >= 4 is 0 Å². The van der Waals surface area contributed by atoms with Crippen LogP contribution >= 0.6 is 0 Å². The Hall–Kier alpha value is -1.75. The molecule has 0 spiro atoms. The van der Waals surface area contributed by atoms with Gasteiger partial charge in [0, 0.05) is 18.2 Å². The fraction of sp³-hybridized carbons (Fsp3) is 0.533. The molecule has 0 bridgehead atoms. The molecule has 0 saturated carbocycles. The van der Waals surface area contributed by atoms with Crippen LogP contribution in [0.5, 0.6) is 0 Å². The number of aryl methyl sites for hydroxylation is 1. The van der Waals surface area contributed by atoms with Crippen molar-refractivity contribution in [2.24, 2.45) is 5.92 Å². The average Bonchev–Trinajstić information content (AvgIpc) is 2.86. The zero-order chi connectivity index (χ0) is 14.5. The van der Waals surface area contributed by atoms with Crippen molar-refractivity contribution in [3.63, 3.8) is 0 Å². The molecule has 2 aromatic heterocycles. The van der Waals surface area contributed by atoms with Crippen LogP contribution in [0.1, 0.15) is 31.9 Å². The number of rotatable bonds is 6. The molecule has 108 valence electrons. The highest BCUT2D eigenvalue weighted by Gasteiger charge is 2.15. The lowest BCUT2D eigenvalue weighted by Crippen LogP contribution is -2.29. The second-order valence-corrected chi connectivity index (χ2v) is 5.50. The molecule has 1 N–H and O–H groups in total. The molecule has 2 heterocycles. The number of hydrogen-bond donors (Lipinski definition) is 1. The summed E-state index contributed by atoms with van der Waals surface area (Å²) in [6.07, 6.45) is 1.82. The Balaban J connectivity index is 2.09. The summed E-state index contributed by atoms with van der Waals surface area (Å²) in [6.45, 7) is 6.37. The molecule has 1 atom stereocenters. The number of likely N-dealkylation sites (N-methyl/N-ethyl adjacent to an activating group) is 1. The zero-order valence-corrected chi connectivity index (χ0v) is 12.6. The van der Waals surface area contributed by atoms with Crippen LogP contribution < -0.4 is 5.32 Å². The number of nitrogens with zero attached hydrogens (tertiary/aromatic N) is 3. The Labute approximate surface area is 119 Å². The van der Waals surface area contributed by atoms with Crippen molar-refractivity contribution < 1.29 is 4.52 Å². The number of aromatic nitrogens is 3. The largest absolute Gasteiger partial charge is 0.339 e. The smallest absolute Gasteiger partial charge is 0.228 e. The Bertz CT molecular complexity index is 550. The molecular formula is C15H22N4O. The lowest BCUT2D eigenvalue weighted by molar-refractivity contribution is 0.345. The maximum absolute atomic E-state index is 5.33. The van der Waals surface area contributed by atoms with Gasteiger partial charge in [-0.3, -0.25) is 0 Å². The van der Waals surface area contributed by atoms with Gasteiger partial charge in [0.15, 0.2) is 0 Å². The van der Waals surface area contributed by atoms with E-state index < -0.39 is 0 Å². The van der Waals surface area contributed by atoms with E-state index in [9.17, 15) is 0 Å². The van der Waals surface area contributed by atoms with Gasteiger partial charge in [0.1, 0.15) is 5.69 Å². The summed E-state index contributed by atoms with van der Waals surface area (Å²) in [4.78, 5) is 8.84. The Morgan fingerprint density at radius 2 is 2.05 bits per heavy atom. The Kier molecular flexibility index (Phi) is 4.84. The molecule has 0 saturated heterocycles. The topological polar surface area (TPSA) is 63.8 Å². The highest BCUT2D eigenvalue weighted by molar-refractivity contribution is 5.47. The zero-order valence-electron chi connectivity index (χ0n) is 12.6. The van der Waals surface area contributed by atoms with Crippen LogP contribution in [0.3, 0.4) is 0 Å². The predicted molar refractivity (Wildman–Crippen MR) is 78.3 cm³/mol. The summed E-state index contributed by atoms with van der Waals surface area (Å²) >= 11 is 0. The van der Waals surface area contributed by atoms with E-state index in [1.165, 1.54) is 0 Å². The number of pyridine rings is 1. The monoisotopic (exact) mass is 274 g/mol. The fourth-order valence-electron chi connectivity index (χ4n) is 2.19. The van der Waals surface area contributed by atoms with Crippen molar-refractivity contribution in [2.45, 2.75) is 39.7 Å². The van der Waals surface area contributed by atoms with Gasteiger partial charge in [0.05, 0.1) is 0 Å². The van der Waals surface area contributed by atoms with Gasteiger partial charge in [-0.25, -0.2) is 4.98 Å². The van der Waals surface area contributed by atoms with Crippen LogP contribution in [0.15, 0.2) is 22.7 Å². The van der Waals surface area contributed by atoms with Crippen molar-refractivity contribution in [3.8, 4) is 11.5 Å². The van der Waals surface area contributed by atoms with E-state index in [0.717, 1.165) is 24.2 Å². The van der Waals surface area contributed by atoms with Gasteiger partial charge < -0.3 is 9.84 Å². The van der Waals surface area contributed by atoms with Gasteiger partial charge in [-0.15, -0.1) is 0 Å². The number of nitrogens with one attached hydrogen (secondary N) is 1. The summed E-state index contributed by atoms with van der Waals surface area (Å²) in [5.74, 6) is 1.85. The van der Waals surface area contributed by atoms with Crippen LogP contribution in [-0.4, -0.2) is 28.2 Å². The predicted octanol–water partition coefficient (Wildman–Crippen LogP) is 2.62. The normalized spacial score (nSPS) is 12.8. The molecule has 0 aromatic carbocycles. The molecule has 1 unspecified atom stereocenters. The molecular weight excluding hydrogens is 252 g/mol. The lowest BCUT2D eigenvalue weighted by atomic mass is 10.0. The molecule has 5 heteroatoms. The molecule has 2 aromatic rings. The van der Waals surface area contributed by atoms with Gasteiger partial charge in [0.25, 0.3) is 0 Å². The first kappa shape index (κ1) is 14.7. The van der Waals surface area contributed by atoms with Crippen LogP contribution in [0, 0.1) is 12.8 Å². The first-order valence-electron chi connectivity index (χ1n) is 7.02. The van der Waals surface area contributed by atoms with Crippen molar-refractivity contribution in [2.75, 3.05) is 7.05 Å². The van der Waals surface area contributed by atoms with Gasteiger partial charge in [-0.2, -0.15) is 4.98 Å². The molecule has 0 aliphatic carbocycles. The van der Waals surface area contributed by atoms with E-state index in [1.54, 1.807) is 0 Å². The van der Waals surface area contributed by atoms with Crippen LogP contribution in [-0.2, 0) is 6.42 Å². The van der Waals surface area contributed by atoms with Gasteiger partial charge in [-0.1, -0.05) is 25.1 Å². The van der Waals surface area contributed by atoms with Crippen molar-refractivity contribution in [3.05, 3.63) is 29.8 Å². The van der Waals surface area contributed by atoms with Gasteiger partial charge in [0.2, 0.25) is 11.7 Å². The van der Waals surface area contributed by atoms with E-state index in [2.05, 4.69) is 34.3 Å². The Morgan fingerprint density at radius 3 is 2.70 bits per heavy atom. The van der Waals surface area contributed by atoms with Gasteiger partial charge in [-0.05, 0) is 38.4 Å². The van der Waals surface area contributed by atoms with Crippen molar-refractivity contribution in [1.82, 2.24) is 20.4 Å². The van der Waals surface area contributed by atoms with Crippen LogP contribution in [0.2, 0.25) is 0 Å². The molecule has 0 amide bonds. The molecule has 5 nitrogen and oxygen atoms in total. The Morgan fingerprint density at radius 1 is 1.25 bits per heavy atom. The van der Waals surface area contributed by atoms with Crippen LogP contribution in [0.25, 0.3) is 11.5 Å². The van der Waals surface area contributed by atoms with E-state index >= 15 is 0 Å². The summed E-state index contributed by atoms with van der Waals surface area (Å²) in [7, 11) is 1.96. The maximum atomic E-state index is 5.33. The summed E-state index contributed by atoms with van der Waals surface area (Å²) < 4.78 is 5.33. The minimum absolute atomic E-state index is 0.355. The maximum Gasteiger partial charge on any atom is 0.228 e. The minimum Gasteiger partial charge on any atom is -0.339 e. The SMILES string of the molecule is CNC(Cc1nc(-c2cccc(C)n2)no1)CC(C)C. The van der Waals surface area contributed by atoms with Crippen molar-refractivity contribution in [1.29, 1.82) is 0 Å². The van der Waals surface area contributed by atoms with E-state index in [1.807, 2.05) is 32.2 Å². The number of hydrogen-bond acceptors (Lipinski definition) is 5. The minimum atomic E-state index is 0.355. The van der Waals surface area contributed by atoms with E-state index in [4.69, 9.17) is 4.52 Å². The molecule has 0 aliphatic heterocycles. The summed E-state index contributed by atoms with van der Waals surface area (Å²) in [6, 6.07) is 6.15. The third-order valence-corrected chi connectivity index (χ3v) is 3.17. The highest BCUT2D eigenvalue weighted by atomic mass is 16.5. The van der Waals surface area contributed by atoms with Gasteiger partial charge >= 0.3 is 0 Å². The second kappa shape index (κ2) is 6.61. The summed E-state index contributed by atoms with van der Waals surface area (Å²) in [5.41, 5.74) is 1.70. The van der Waals surface area contributed by atoms with E-state index in [-0.39, 0.29) is 0 Å².